The lowest BCUT2D eigenvalue weighted by Crippen LogP contribution is -2.36. The summed E-state index contributed by atoms with van der Waals surface area (Å²) in [4.78, 5) is 47.9. The molecule has 1 saturated heterocycles. The van der Waals surface area contributed by atoms with E-state index in [4.69, 9.17) is 4.74 Å². The standard InChI is InChI=1S/C38H31N7O9/c46-35(47)22-13-23(36(48)49)16-32(15-22)43-41-28-5-1-26(2-6-28)39-30-19-31(21-34(20-30)45-9-11-54-12-10-45)40-27-3-7-29(8-4-27)42-44-33-17-24(37(50)51)14-25(18-33)38(52)53/h1-8,13-21,39-40H,9-12H2,(H,46,47)(H,48,49)(H,50,51)(H,52,53)/b43-41+,44-42+. The zero-order valence-electron chi connectivity index (χ0n) is 28.2. The average molecular weight is 730 g/mol. The predicted molar refractivity (Wildman–Crippen MR) is 198 cm³/mol. The summed E-state index contributed by atoms with van der Waals surface area (Å²) in [5.74, 6) is -5.11. The fraction of sp³-hybridized carbons (Fsp3) is 0.105. The van der Waals surface area contributed by atoms with E-state index in [0.29, 0.717) is 24.6 Å². The van der Waals surface area contributed by atoms with E-state index in [1.54, 1.807) is 48.5 Å². The monoisotopic (exact) mass is 729 g/mol. The van der Waals surface area contributed by atoms with Crippen LogP contribution in [0, 0.1) is 0 Å². The van der Waals surface area contributed by atoms with Crippen molar-refractivity contribution in [3.05, 3.63) is 125 Å². The van der Waals surface area contributed by atoms with Gasteiger partial charge in [-0.25, -0.2) is 19.2 Å². The first-order valence-electron chi connectivity index (χ1n) is 16.3. The molecule has 16 nitrogen and oxygen atoms in total. The molecular formula is C38H31N7O9. The molecule has 5 aromatic carbocycles. The summed E-state index contributed by atoms with van der Waals surface area (Å²) in [6.07, 6.45) is 0. The van der Waals surface area contributed by atoms with Gasteiger partial charge in [0.15, 0.2) is 0 Å². The third-order valence-electron chi connectivity index (χ3n) is 7.99. The Bertz CT molecular complexity index is 2070. The number of rotatable bonds is 13. The molecule has 0 spiro atoms. The van der Waals surface area contributed by atoms with Gasteiger partial charge in [-0.1, -0.05) is 0 Å². The second-order valence-electron chi connectivity index (χ2n) is 11.9. The van der Waals surface area contributed by atoms with Crippen molar-refractivity contribution in [2.75, 3.05) is 41.8 Å². The smallest absolute Gasteiger partial charge is 0.335 e. The summed E-state index contributed by atoms with van der Waals surface area (Å²) in [7, 11) is 0. The molecule has 54 heavy (non-hydrogen) atoms. The SMILES string of the molecule is O=C(O)c1cc(/N=N/c2ccc(Nc3cc(Nc4ccc(/N=N/c5cc(C(=O)O)cc(C(=O)O)c5)cc4)cc(N4CCOCC4)c3)cc2)cc(C(=O)O)c1. The molecule has 1 aliphatic rings. The maximum atomic E-state index is 11.4. The molecule has 0 unspecified atom stereocenters. The predicted octanol–water partition coefficient (Wildman–Crippen LogP) is 8.63. The van der Waals surface area contributed by atoms with E-state index in [1.165, 1.54) is 24.3 Å². The van der Waals surface area contributed by atoms with E-state index >= 15 is 0 Å². The van der Waals surface area contributed by atoms with Gasteiger partial charge < -0.3 is 40.7 Å². The van der Waals surface area contributed by atoms with Gasteiger partial charge in [0.1, 0.15) is 0 Å². The Morgan fingerprint density at radius 2 is 0.815 bits per heavy atom. The Hall–Kier alpha value is -7.46. The van der Waals surface area contributed by atoms with Crippen LogP contribution in [0.25, 0.3) is 0 Å². The van der Waals surface area contributed by atoms with Crippen LogP contribution in [-0.4, -0.2) is 70.6 Å². The normalized spacial score (nSPS) is 12.9. The number of ether oxygens (including phenoxy) is 1. The van der Waals surface area contributed by atoms with Crippen molar-refractivity contribution in [3.8, 4) is 0 Å². The third kappa shape index (κ3) is 9.45. The average Bonchev–Trinajstić information content (AvgIpc) is 3.17. The van der Waals surface area contributed by atoms with E-state index in [-0.39, 0.29) is 33.6 Å². The molecule has 0 saturated carbocycles. The van der Waals surface area contributed by atoms with Crippen molar-refractivity contribution < 1.29 is 44.3 Å². The Morgan fingerprint density at radius 1 is 0.463 bits per heavy atom. The number of hydrogen-bond acceptors (Lipinski definition) is 12. The highest BCUT2D eigenvalue weighted by Crippen LogP contribution is 2.32. The first kappa shape index (κ1) is 36.3. The summed E-state index contributed by atoms with van der Waals surface area (Å²) in [6, 6.07) is 27.1. The van der Waals surface area contributed by atoms with E-state index < -0.39 is 23.9 Å². The molecule has 16 heteroatoms. The number of morpholine rings is 1. The highest BCUT2D eigenvalue weighted by Gasteiger charge is 2.15. The van der Waals surface area contributed by atoms with Gasteiger partial charge in [0.25, 0.3) is 0 Å². The molecule has 0 atom stereocenters. The van der Waals surface area contributed by atoms with Crippen LogP contribution in [0.2, 0.25) is 0 Å². The van der Waals surface area contributed by atoms with Gasteiger partial charge in [-0.15, -0.1) is 0 Å². The zero-order chi connectivity index (χ0) is 38.2. The number of carboxylic acids is 4. The number of anilines is 5. The van der Waals surface area contributed by atoms with E-state index in [2.05, 4.69) is 36.0 Å². The molecule has 0 aliphatic carbocycles. The van der Waals surface area contributed by atoms with Crippen LogP contribution in [0.15, 0.2) is 124 Å². The highest BCUT2D eigenvalue weighted by molar-refractivity contribution is 5.96. The van der Waals surface area contributed by atoms with Crippen LogP contribution >= 0.6 is 0 Å². The lowest BCUT2D eigenvalue weighted by atomic mass is 10.1. The lowest BCUT2D eigenvalue weighted by molar-refractivity contribution is 0.0676. The van der Waals surface area contributed by atoms with Crippen LogP contribution in [0.1, 0.15) is 41.4 Å². The van der Waals surface area contributed by atoms with Crippen molar-refractivity contribution in [1.29, 1.82) is 0 Å². The molecule has 6 rings (SSSR count). The van der Waals surface area contributed by atoms with Gasteiger partial charge in [0.2, 0.25) is 0 Å². The minimum atomic E-state index is -1.28. The molecule has 0 aromatic heterocycles. The van der Waals surface area contributed by atoms with Crippen LogP contribution in [0.5, 0.6) is 0 Å². The molecule has 0 amide bonds. The van der Waals surface area contributed by atoms with Gasteiger partial charge in [-0.2, -0.15) is 20.5 Å². The van der Waals surface area contributed by atoms with Gasteiger partial charge in [-0.3, -0.25) is 0 Å². The summed E-state index contributed by atoms with van der Waals surface area (Å²) in [6.45, 7) is 2.63. The van der Waals surface area contributed by atoms with E-state index in [9.17, 15) is 39.6 Å². The Labute approximate surface area is 306 Å². The Morgan fingerprint density at radius 3 is 1.17 bits per heavy atom. The third-order valence-corrected chi connectivity index (χ3v) is 7.99. The molecule has 6 N–H and O–H groups in total. The molecule has 1 aliphatic heterocycles. The first-order chi connectivity index (χ1) is 26.0. The van der Waals surface area contributed by atoms with Gasteiger partial charge in [0.05, 0.1) is 58.2 Å². The second kappa shape index (κ2) is 16.3. The van der Waals surface area contributed by atoms with Crippen LogP contribution in [0.3, 0.4) is 0 Å². The van der Waals surface area contributed by atoms with Crippen molar-refractivity contribution in [2.24, 2.45) is 20.5 Å². The molecule has 1 fully saturated rings. The van der Waals surface area contributed by atoms with Gasteiger partial charge >= 0.3 is 23.9 Å². The fourth-order valence-corrected chi connectivity index (χ4v) is 5.38. The largest absolute Gasteiger partial charge is 0.478 e. The van der Waals surface area contributed by atoms with Gasteiger partial charge in [-0.05, 0) is 103 Å². The van der Waals surface area contributed by atoms with Crippen molar-refractivity contribution in [2.45, 2.75) is 0 Å². The number of nitrogens with zero attached hydrogens (tertiary/aromatic N) is 5. The Kier molecular flexibility index (Phi) is 10.9. The number of benzene rings is 5. The maximum absolute atomic E-state index is 11.4. The zero-order valence-corrected chi connectivity index (χ0v) is 28.2. The minimum absolute atomic E-state index is 0.0906. The summed E-state index contributed by atoms with van der Waals surface area (Å²) < 4.78 is 5.55. The molecule has 0 bridgehead atoms. The Balaban J connectivity index is 1.18. The number of nitrogens with one attached hydrogen (secondary N) is 2. The van der Waals surface area contributed by atoms with Crippen molar-refractivity contribution in [1.82, 2.24) is 0 Å². The van der Waals surface area contributed by atoms with Gasteiger partial charge in [0, 0.05) is 41.5 Å². The number of aromatic carboxylic acids is 4. The second-order valence-corrected chi connectivity index (χ2v) is 11.9. The summed E-state index contributed by atoms with van der Waals surface area (Å²) >= 11 is 0. The molecule has 272 valence electrons. The summed E-state index contributed by atoms with van der Waals surface area (Å²) in [5, 5.41) is 60.5. The minimum Gasteiger partial charge on any atom is -0.478 e. The van der Waals surface area contributed by atoms with Crippen molar-refractivity contribution in [3.63, 3.8) is 0 Å². The highest BCUT2D eigenvalue weighted by atomic mass is 16.5. The first-order valence-corrected chi connectivity index (χ1v) is 16.3. The van der Waals surface area contributed by atoms with E-state index in [0.717, 1.165) is 53.7 Å². The topological polar surface area (TPSA) is 235 Å². The molecule has 1 heterocycles. The lowest BCUT2D eigenvalue weighted by Gasteiger charge is -2.29. The van der Waals surface area contributed by atoms with Crippen molar-refractivity contribution >= 4 is 75.1 Å². The van der Waals surface area contributed by atoms with Crippen LogP contribution < -0.4 is 15.5 Å². The van der Waals surface area contributed by atoms with Crippen LogP contribution in [-0.2, 0) is 4.74 Å². The quantitative estimate of drug-likeness (QED) is 0.0625. The van der Waals surface area contributed by atoms with E-state index in [1.807, 2.05) is 18.2 Å². The molecular weight excluding hydrogens is 698 g/mol. The number of azo groups is 2. The van der Waals surface area contributed by atoms with Crippen LogP contribution in [0.4, 0.5) is 51.2 Å². The number of carbonyl (C=O) groups is 4. The molecule has 0 radical (unpaired) electrons. The summed E-state index contributed by atoms with van der Waals surface area (Å²) in [5.41, 5.74) is 4.31. The number of carboxylic acid groups (broad SMARTS) is 4. The maximum Gasteiger partial charge on any atom is 0.335 e. The number of hydrogen-bond donors (Lipinski definition) is 6. The fourth-order valence-electron chi connectivity index (χ4n) is 5.38. The molecule has 5 aromatic rings.